The summed E-state index contributed by atoms with van der Waals surface area (Å²) >= 11 is 0. The van der Waals surface area contributed by atoms with Gasteiger partial charge in [0.25, 0.3) is 5.91 Å². The SMILES string of the molecule is CCC(C)(O)CNC(=O)c1cccn1C1CC1. The van der Waals surface area contributed by atoms with Gasteiger partial charge in [0.15, 0.2) is 0 Å². The van der Waals surface area contributed by atoms with Gasteiger partial charge in [-0.05, 0) is 38.3 Å². The summed E-state index contributed by atoms with van der Waals surface area (Å²) < 4.78 is 2.02. The summed E-state index contributed by atoms with van der Waals surface area (Å²) in [5.41, 5.74) is -0.133. The molecule has 0 spiro atoms. The zero-order valence-corrected chi connectivity index (χ0v) is 10.4. The van der Waals surface area contributed by atoms with Crippen LogP contribution in [0.15, 0.2) is 18.3 Å². The summed E-state index contributed by atoms with van der Waals surface area (Å²) in [7, 11) is 0. The van der Waals surface area contributed by atoms with Crippen LogP contribution in [0.1, 0.15) is 49.6 Å². The van der Waals surface area contributed by atoms with Crippen LogP contribution in [0.3, 0.4) is 0 Å². The highest BCUT2D eigenvalue weighted by Gasteiger charge is 2.27. The molecule has 1 aromatic rings. The van der Waals surface area contributed by atoms with Crippen molar-refractivity contribution in [3.63, 3.8) is 0 Å². The van der Waals surface area contributed by atoms with E-state index in [-0.39, 0.29) is 12.5 Å². The number of carbonyl (C=O) groups excluding carboxylic acids is 1. The molecule has 1 aromatic heterocycles. The monoisotopic (exact) mass is 236 g/mol. The van der Waals surface area contributed by atoms with E-state index >= 15 is 0 Å². The maximum atomic E-state index is 12.0. The van der Waals surface area contributed by atoms with Crippen LogP contribution >= 0.6 is 0 Å². The van der Waals surface area contributed by atoms with E-state index in [1.807, 2.05) is 29.8 Å². The minimum absolute atomic E-state index is 0.101. The highest BCUT2D eigenvalue weighted by atomic mass is 16.3. The molecular formula is C13H20N2O2. The lowest BCUT2D eigenvalue weighted by molar-refractivity contribution is 0.0516. The Hall–Kier alpha value is -1.29. The second-order valence-corrected chi connectivity index (χ2v) is 5.07. The Morgan fingerprint density at radius 3 is 2.94 bits per heavy atom. The molecule has 0 radical (unpaired) electrons. The van der Waals surface area contributed by atoms with Gasteiger partial charge in [-0.3, -0.25) is 4.79 Å². The van der Waals surface area contributed by atoms with Crippen molar-refractivity contribution >= 4 is 5.91 Å². The first-order chi connectivity index (χ1) is 8.03. The van der Waals surface area contributed by atoms with Crippen molar-refractivity contribution in [3.8, 4) is 0 Å². The average Bonchev–Trinajstić information content (AvgIpc) is 3.04. The first-order valence-corrected chi connectivity index (χ1v) is 6.21. The van der Waals surface area contributed by atoms with Crippen molar-refractivity contribution in [2.45, 2.75) is 44.8 Å². The van der Waals surface area contributed by atoms with Crippen LogP contribution in [-0.2, 0) is 0 Å². The Kier molecular flexibility index (Phi) is 3.24. The fourth-order valence-corrected chi connectivity index (χ4v) is 1.74. The molecule has 2 rings (SSSR count). The van der Waals surface area contributed by atoms with E-state index in [2.05, 4.69) is 5.32 Å². The number of nitrogens with one attached hydrogen (secondary N) is 1. The van der Waals surface area contributed by atoms with E-state index in [1.165, 1.54) is 0 Å². The van der Waals surface area contributed by atoms with Gasteiger partial charge in [0.2, 0.25) is 0 Å². The quantitative estimate of drug-likeness (QED) is 0.817. The van der Waals surface area contributed by atoms with E-state index < -0.39 is 5.60 Å². The summed E-state index contributed by atoms with van der Waals surface area (Å²) in [5, 5.41) is 12.6. The lowest BCUT2D eigenvalue weighted by Gasteiger charge is -2.21. The van der Waals surface area contributed by atoms with Crippen molar-refractivity contribution < 1.29 is 9.90 Å². The number of aliphatic hydroxyl groups is 1. The molecule has 0 aliphatic heterocycles. The molecule has 94 valence electrons. The molecule has 4 nitrogen and oxygen atoms in total. The third kappa shape index (κ3) is 2.88. The minimum atomic E-state index is -0.827. The molecule has 2 N–H and O–H groups in total. The molecule has 1 saturated carbocycles. The predicted octanol–water partition coefficient (Wildman–Crippen LogP) is 1.71. The van der Waals surface area contributed by atoms with Gasteiger partial charge in [0, 0.05) is 18.8 Å². The van der Waals surface area contributed by atoms with Crippen molar-refractivity contribution in [2.75, 3.05) is 6.54 Å². The Morgan fingerprint density at radius 1 is 1.65 bits per heavy atom. The molecule has 1 heterocycles. The summed E-state index contributed by atoms with van der Waals surface area (Å²) in [6, 6.07) is 4.22. The van der Waals surface area contributed by atoms with Gasteiger partial charge in [-0.2, -0.15) is 0 Å². The molecule has 1 amide bonds. The first-order valence-electron chi connectivity index (χ1n) is 6.21. The zero-order valence-electron chi connectivity index (χ0n) is 10.4. The summed E-state index contributed by atoms with van der Waals surface area (Å²) in [6.45, 7) is 3.92. The number of hydrogen-bond donors (Lipinski definition) is 2. The molecule has 0 bridgehead atoms. The summed E-state index contributed by atoms with van der Waals surface area (Å²) in [5.74, 6) is -0.101. The number of amides is 1. The normalized spacial score (nSPS) is 18.8. The van der Waals surface area contributed by atoms with Crippen LogP contribution in [0.5, 0.6) is 0 Å². The van der Waals surface area contributed by atoms with E-state index in [9.17, 15) is 9.90 Å². The van der Waals surface area contributed by atoms with Gasteiger partial charge in [-0.25, -0.2) is 0 Å². The highest BCUT2D eigenvalue weighted by Crippen LogP contribution is 2.35. The van der Waals surface area contributed by atoms with Gasteiger partial charge in [-0.1, -0.05) is 6.92 Å². The van der Waals surface area contributed by atoms with Gasteiger partial charge in [0.1, 0.15) is 5.69 Å². The molecular weight excluding hydrogens is 216 g/mol. The number of hydrogen-bond acceptors (Lipinski definition) is 2. The third-order valence-electron chi connectivity index (χ3n) is 3.34. The van der Waals surface area contributed by atoms with Gasteiger partial charge in [-0.15, -0.1) is 0 Å². The van der Waals surface area contributed by atoms with Crippen LogP contribution in [0, 0.1) is 0 Å². The molecule has 0 saturated heterocycles. The van der Waals surface area contributed by atoms with E-state index in [4.69, 9.17) is 0 Å². The average molecular weight is 236 g/mol. The maximum Gasteiger partial charge on any atom is 0.268 e. The summed E-state index contributed by atoms with van der Waals surface area (Å²) in [6.07, 6.45) is 4.88. The lowest BCUT2D eigenvalue weighted by atomic mass is 10.0. The first kappa shape index (κ1) is 12.2. The molecule has 1 unspecified atom stereocenters. The smallest absolute Gasteiger partial charge is 0.268 e. The molecule has 1 aliphatic rings. The fourth-order valence-electron chi connectivity index (χ4n) is 1.74. The molecule has 4 heteroatoms. The van der Waals surface area contributed by atoms with Crippen molar-refractivity contribution in [2.24, 2.45) is 0 Å². The Bertz CT molecular complexity index is 405. The van der Waals surface area contributed by atoms with Crippen LogP contribution in [0.2, 0.25) is 0 Å². The maximum absolute atomic E-state index is 12.0. The van der Waals surface area contributed by atoms with E-state index in [1.54, 1.807) is 6.92 Å². The van der Waals surface area contributed by atoms with Crippen LogP contribution in [-0.4, -0.2) is 27.7 Å². The standard InChI is InChI=1S/C13H20N2O2/c1-3-13(2,17)9-14-12(16)11-5-4-8-15(11)10-6-7-10/h4-5,8,10,17H,3,6-7,9H2,1-2H3,(H,14,16). The molecule has 17 heavy (non-hydrogen) atoms. The third-order valence-corrected chi connectivity index (χ3v) is 3.34. The molecule has 1 fully saturated rings. The van der Waals surface area contributed by atoms with Gasteiger partial charge in [0.05, 0.1) is 5.60 Å². The highest BCUT2D eigenvalue weighted by molar-refractivity contribution is 5.92. The van der Waals surface area contributed by atoms with E-state index in [0.29, 0.717) is 18.2 Å². The second-order valence-electron chi connectivity index (χ2n) is 5.07. The fraction of sp³-hybridized carbons (Fsp3) is 0.615. The molecule has 0 aromatic carbocycles. The number of rotatable bonds is 5. The minimum Gasteiger partial charge on any atom is -0.388 e. The number of aromatic nitrogens is 1. The lowest BCUT2D eigenvalue weighted by Crippen LogP contribution is -2.40. The largest absolute Gasteiger partial charge is 0.388 e. The van der Waals surface area contributed by atoms with E-state index in [0.717, 1.165) is 12.8 Å². The van der Waals surface area contributed by atoms with Crippen LogP contribution < -0.4 is 5.32 Å². The second kappa shape index (κ2) is 4.53. The van der Waals surface area contributed by atoms with Crippen molar-refractivity contribution in [1.29, 1.82) is 0 Å². The topological polar surface area (TPSA) is 54.3 Å². The summed E-state index contributed by atoms with van der Waals surface area (Å²) in [4.78, 5) is 12.0. The van der Waals surface area contributed by atoms with Crippen LogP contribution in [0.25, 0.3) is 0 Å². The Labute approximate surface area is 102 Å². The zero-order chi connectivity index (χ0) is 12.5. The Morgan fingerprint density at radius 2 is 2.35 bits per heavy atom. The number of nitrogens with zero attached hydrogens (tertiary/aromatic N) is 1. The van der Waals surface area contributed by atoms with Gasteiger partial charge >= 0.3 is 0 Å². The van der Waals surface area contributed by atoms with Crippen LogP contribution in [0.4, 0.5) is 0 Å². The molecule has 1 aliphatic carbocycles. The van der Waals surface area contributed by atoms with Gasteiger partial charge < -0.3 is 15.0 Å². The van der Waals surface area contributed by atoms with Crippen molar-refractivity contribution in [1.82, 2.24) is 9.88 Å². The molecule has 1 atom stereocenters. The number of carbonyl (C=O) groups is 1. The predicted molar refractivity (Wildman–Crippen MR) is 66.0 cm³/mol. The Balaban J connectivity index is 1.97. The van der Waals surface area contributed by atoms with Crippen molar-refractivity contribution in [3.05, 3.63) is 24.0 Å².